The van der Waals surface area contributed by atoms with Gasteiger partial charge < -0.3 is 9.84 Å². The van der Waals surface area contributed by atoms with Crippen molar-refractivity contribution in [3.8, 4) is 11.4 Å². The van der Waals surface area contributed by atoms with E-state index >= 15 is 0 Å². The molecule has 1 fully saturated rings. The zero-order valence-electron chi connectivity index (χ0n) is 18.8. The average Bonchev–Trinajstić information content (AvgIpc) is 3.28. The summed E-state index contributed by atoms with van der Waals surface area (Å²) in [4.78, 5) is 19.4. The van der Waals surface area contributed by atoms with Crippen LogP contribution in [0.2, 0.25) is 20.1 Å². The zero-order valence-corrected chi connectivity index (χ0v) is 22.6. The first-order valence-electron chi connectivity index (χ1n) is 11.2. The minimum atomic E-state index is -0.0624. The van der Waals surface area contributed by atoms with Crippen LogP contribution in [0.25, 0.3) is 11.4 Å². The third-order valence-corrected chi connectivity index (χ3v) is 7.84. The van der Waals surface area contributed by atoms with E-state index in [1.54, 1.807) is 36.0 Å². The molecule has 35 heavy (non-hydrogen) atoms. The molecular formula is C24H24Cl4N4O2S. The molecule has 1 atom stereocenters. The molecule has 0 radical (unpaired) electrons. The largest absolute Gasteiger partial charge is 0.355 e. The van der Waals surface area contributed by atoms with E-state index in [2.05, 4.69) is 20.4 Å². The number of thioether (sulfide) groups is 1. The average molecular weight is 574 g/mol. The van der Waals surface area contributed by atoms with Crippen molar-refractivity contribution >= 4 is 64.1 Å². The number of amides is 1. The number of benzene rings is 2. The maximum Gasteiger partial charge on any atom is 0.241 e. The Balaban J connectivity index is 1.21. The van der Waals surface area contributed by atoms with Gasteiger partial charge in [-0.25, -0.2) is 0 Å². The molecule has 1 aliphatic rings. The quantitative estimate of drug-likeness (QED) is 0.290. The predicted molar refractivity (Wildman–Crippen MR) is 143 cm³/mol. The molecule has 6 nitrogen and oxygen atoms in total. The maximum absolute atomic E-state index is 12.7. The first-order chi connectivity index (χ1) is 16.9. The molecule has 2 aromatic carbocycles. The SMILES string of the molecule is O=C(NCCSCc1ccc(Cl)cc1Cl)C1CCCN(Cc2nc(-c3ccc(Cl)cc3Cl)no2)C1. The second-order valence-electron chi connectivity index (χ2n) is 8.29. The van der Waals surface area contributed by atoms with Crippen LogP contribution in [0, 0.1) is 5.92 Å². The summed E-state index contributed by atoms with van der Waals surface area (Å²) in [5.41, 5.74) is 1.70. The fourth-order valence-corrected chi connectivity index (χ4v) is 5.83. The molecule has 1 aromatic heterocycles. The van der Waals surface area contributed by atoms with Crippen LogP contribution >= 0.6 is 58.2 Å². The maximum atomic E-state index is 12.7. The third kappa shape index (κ3) is 7.51. The lowest BCUT2D eigenvalue weighted by Gasteiger charge is -2.30. The summed E-state index contributed by atoms with van der Waals surface area (Å²) >= 11 is 26.1. The lowest BCUT2D eigenvalue weighted by molar-refractivity contribution is -0.126. The number of hydrogen-bond acceptors (Lipinski definition) is 6. The summed E-state index contributed by atoms with van der Waals surface area (Å²) in [5, 5.41) is 9.42. The lowest BCUT2D eigenvalue weighted by atomic mass is 9.97. The zero-order chi connectivity index (χ0) is 24.8. The highest BCUT2D eigenvalue weighted by atomic mass is 35.5. The van der Waals surface area contributed by atoms with Gasteiger partial charge in [0, 0.05) is 45.2 Å². The van der Waals surface area contributed by atoms with Crippen LogP contribution in [0.4, 0.5) is 0 Å². The smallest absolute Gasteiger partial charge is 0.241 e. The Morgan fingerprint density at radius 2 is 1.89 bits per heavy atom. The van der Waals surface area contributed by atoms with Crippen molar-refractivity contribution in [1.82, 2.24) is 20.4 Å². The number of rotatable bonds is 9. The highest BCUT2D eigenvalue weighted by molar-refractivity contribution is 7.98. The monoisotopic (exact) mass is 572 g/mol. The summed E-state index contributed by atoms with van der Waals surface area (Å²) in [7, 11) is 0. The number of halogens is 4. The molecule has 186 valence electrons. The molecule has 0 aliphatic carbocycles. The van der Waals surface area contributed by atoms with Crippen LogP contribution in [0.3, 0.4) is 0 Å². The number of piperidine rings is 1. The first-order valence-corrected chi connectivity index (χ1v) is 13.9. The number of carbonyl (C=O) groups excluding carboxylic acids is 1. The molecule has 3 aromatic rings. The Morgan fingerprint density at radius 1 is 1.11 bits per heavy atom. The Labute approximate surface area is 228 Å². The number of aromatic nitrogens is 2. The van der Waals surface area contributed by atoms with Gasteiger partial charge in [-0.15, -0.1) is 0 Å². The van der Waals surface area contributed by atoms with Gasteiger partial charge in [-0.1, -0.05) is 57.6 Å². The van der Waals surface area contributed by atoms with Crippen molar-refractivity contribution in [2.24, 2.45) is 5.92 Å². The molecule has 0 bridgehead atoms. The van der Waals surface area contributed by atoms with Gasteiger partial charge in [-0.05, 0) is 55.3 Å². The first kappa shape index (κ1) is 26.6. The van der Waals surface area contributed by atoms with Gasteiger partial charge in [0.15, 0.2) is 0 Å². The van der Waals surface area contributed by atoms with E-state index in [4.69, 9.17) is 50.9 Å². The Kier molecular flexibility index (Phi) is 9.61. The minimum Gasteiger partial charge on any atom is -0.355 e. The standard InChI is InChI=1S/C24H24Cl4N4O2S/c25-17-4-3-16(20(27)10-17)14-35-9-7-29-24(33)15-2-1-8-32(12-15)13-22-30-23(31-34-22)19-6-5-18(26)11-21(19)28/h3-6,10-11,15H,1-2,7-9,12-14H2,(H,29,33). The molecule has 2 heterocycles. The van der Waals surface area contributed by atoms with E-state index in [0.717, 1.165) is 36.5 Å². The van der Waals surface area contributed by atoms with Crippen molar-refractivity contribution in [1.29, 1.82) is 0 Å². The summed E-state index contributed by atoms with van der Waals surface area (Å²) in [6.45, 7) is 2.62. The summed E-state index contributed by atoms with van der Waals surface area (Å²) in [5.74, 6) is 2.51. The summed E-state index contributed by atoms with van der Waals surface area (Å²) in [6, 6.07) is 10.7. The molecule has 1 amide bonds. The van der Waals surface area contributed by atoms with E-state index in [1.165, 1.54) is 0 Å². The second-order valence-corrected chi connectivity index (χ2v) is 11.1. The minimum absolute atomic E-state index is 0.0624. The summed E-state index contributed by atoms with van der Waals surface area (Å²) < 4.78 is 5.43. The normalized spacial score (nSPS) is 16.4. The molecule has 11 heteroatoms. The molecule has 1 unspecified atom stereocenters. The third-order valence-electron chi connectivity index (χ3n) is 5.69. The van der Waals surface area contributed by atoms with Crippen molar-refractivity contribution < 1.29 is 9.32 Å². The fourth-order valence-electron chi connectivity index (χ4n) is 3.92. The molecule has 1 aliphatic heterocycles. The number of likely N-dealkylation sites (tertiary alicyclic amines) is 1. The van der Waals surface area contributed by atoms with E-state index < -0.39 is 0 Å². The molecule has 0 saturated carbocycles. The van der Waals surface area contributed by atoms with Crippen LogP contribution in [-0.2, 0) is 17.1 Å². The second kappa shape index (κ2) is 12.7. The van der Waals surface area contributed by atoms with E-state index in [-0.39, 0.29) is 11.8 Å². The van der Waals surface area contributed by atoms with Crippen LogP contribution in [0.1, 0.15) is 24.3 Å². The van der Waals surface area contributed by atoms with Gasteiger partial charge in [-0.2, -0.15) is 16.7 Å². The van der Waals surface area contributed by atoms with E-state index in [9.17, 15) is 4.79 Å². The van der Waals surface area contributed by atoms with Crippen molar-refractivity contribution in [3.05, 3.63) is 67.9 Å². The highest BCUT2D eigenvalue weighted by Gasteiger charge is 2.27. The highest BCUT2D eigenvalue weighted by Crippen LogP contribution is 2.29. The van der Waals surface area contributed by atoms with Gasteiger partial charge in [0.1, 0.15) is 0 Å². The van der Waals surface area contributed by atoms with Gasteiger partial charge in [0.05, 0.1) is 17.5 Å². The predicted octanol–water partition coefficient (Wildman–Crippen LogP) is 6.61. The summed E-state index contributed by atoms with van der Waals surface area (Å²) in [6.07, 6.45) is 1.80. The fraction of sp³-hybridized carbons (Fsp3) is 0.375. The van der Waals surface area contributed by atoms with Gasteiger partial charge >= 0.3 is 0 Å². The molecule has 4 rings (SSSR count). The van der Waals surface area contributed by atoms with Crippen molar-refractivity contribution in [3.63, 3.8) is 0 Å². The van der Waals surface area contributed by atoms with E-state index in [0.29, 0.717) is 57.0 Å². The van der Waals surface area contributed by atoms with Crippen molar-refractivity contribution in [2.75, 3.05) is 25.4 Å². The number of carbonyl (C=O) groups is 1. The van der Waals surface area contributed by atoms with Gasteiger partial charge in [-0.3, -0.25) is 9.69 Å². The lowest BCUT2D eigenvalue weighted by Crippen LogP contribution is -2.43. The van der Waals surface area contributed by atoms with Gasteiger partial charge in [0.2, 0.25) is 17.6 Å². The van der Waals surface area contributed by atoms with Crippen LogP contribution in [0.5, 0.6) is 0 Å². The Hall–Kier alpha value is -1.48. The molecule has 1 N–H and O–H groups in total. The van der Waals surface area contributed by atoms with Crippen LogP contribution in [0.15, 0.2) is 40.9 Å². The Bertz CT molecular complexity index is 1180. The topological polar surface area (TPSA) is 71.3 Å². The Morgan fingerprint density at radius 3 is 2.66 bits per heavy atom. The number of nitrogens with one attached hydrogen (secondary N) is 1. The van der Waals surface area contributed by atoms with Gasteiger partial charge in [0.25, 0.3) is 0 Å². The molecular weight excluding hydrogens is 550 g/mol. The number of hydrogen-bond donors (Lipinski definition) is 1. The van der Waals surface area contributed by atoms with Crippen LogP contribution < -0.4 is 5.32 Å². The van der Waals surface area contributed by atoms with E-state index in [1.807, 2.05) is 12.1 Å². The number of nitrogens with zero attached hydrogens (tertiary/aromatic N) is 3. The van der Waals surface area contributed by atoms with Crippen molar-refractivity contribution in [2.45, 2.75) is 25.1 Å². The molecule has 0 spiro atoms. The van der Waals surface area contributed by atoms with Crippen LogP contribution in [-0.4, -0.2) is 46.3 Å². The molecule has 1 saturated heterocycles.